The summed E-state index contributed by atoms with van der Waals surface area (Å²) in [6, 6.07) is 0.536. The second-order valence-electron chi connectivity index (χ2n) is 12.3. The van der Waals surface area contributed by atoms with Gasteiger partial charge in [-0.3, -0.25) is 25.5 Å². The van der Waals surface area contributed by atoms with E-state index in [0.717, 1.165) is 84.2 Å². The number of likely N-dealkylation sites (N-methyl/N-ethyl adjacent to an activating group) is 1. The molecular weight excluding hydrogens is 470 g/mol. The summed E-state index contributed by atoms with van der Waals surface area (Å²) >= 11 is 0. The fourth-order valence-corrected chi connectivity index (χ4v) is 5.83. The van der Waals surface area contributed by atoms with Crippen LogP contribution in [0.5, 0.6) is 0 Å². The Labute approximate surface area is 224 Å². The molecule has 9 heteroatoms. The third-order valence-corrected chi connectivity index (χ3v) is 8.25. The Bertz CT molecular complexity index is 691. The Morgan fingerprint density at radius 3 is 2.19 bits per heavy atom. The first-order chi connectivity index (χ1) is 17.6. The average molecular weight is 524 g/mol. The maximum atomic E-state index is 12.5. The van der Waals surface area contributed by atoms with Gasteiger partial charge in [-0.15, -0.1) is 0 Å². The van der Waals surface area contributed by atoms with Crippen molar-refractivity contribution in [3.8, 4) is 0 Å². The number of nitrogens with one attached hydrogen (secondary N) is 4. The van der Waals surface area contributed by atoms with E-state index in [0.29, 0.717) is 24.0 Å². The highest BCUT2D eigenvalue weighted by Gasteiger charge is 2.33. The van der Waals surface area contributed by atoms with Gasteiger partial charge in [0, 0.05) is 31.6 Å². The number of hydrogen-bond donors (Lipinski definition) is 4. The SMILES string of the molecule is CCN(C)CCOC1CCC(NC2NCC(C3CCC(C(=O)NCC(=O)OC(C)(C)C)CC3)CN2)CC1. The molecule has 3 fully saturated rings. The van der Waals surface area contributed by atoms with Crippen molar-refractivity contribution in [2.75, 3.05) is 46.4 Å². The highest BCUT2D eigenvalue weighted by Crippen LogP contribution is 2.34. The lowest BCUT2D eigenvalue weighted by Crippen LogP contribution is -2.63. The van der Waals surface area contributed by atoms with Gasteiger partial charge >= 0.3 is 5.97 Å². The van der Waals surface area contributed by atoms with Crippen molar-refractivity contribution in [3.63, 3.8) is 0 Å². The molecule has 0 unspecified atom stereocenters. The smallest absolute Gasteiger partial charge is 0.325 e. The van der Waals surface area contributed by atoms with E-state index in [1.54, 1.807) is 0 Å². The van der Waals surface area contributed by atoms with Crippen molar-refractivity contribution >= 4 is 11.9 Å². The lowest BCUT2D eigenvalue weighted by atomic mass is 9.75. The van der Waals surface area contributed by atoms with Crippen LogP contribution in [0.1, 0.15) is 79.1 Å². The molecule has 0 aromatic carbocycles. The predicted octanol–water partition coefficient (Wildman–Crippen LogP) is 2.21. The van der Waals surface area contributed by atoms with Gasteiger partial charge in [0.1, 0.15) is 18.4 Å². The van der Waals surface area contributed by atoms with Crippen LogP contribution in [0, 0.1) is 17.8 Å². The summed E-state index contributed by atoms with van der Waals surface area (Å²) in [5.74, 6) is 0.837. The molecule has 1 amide bonds. The van der Waals surface area contributed by atoms with Crippen LogP contribution in [0.3, 0.4) is 0 Å². The third-order valence-electron chi connectivity index (χ3n) is 8.25. The maximum absolute atomic E-state index is 12.5. The molecule has 4 N–H and O–H groups in total. The lowest BCUT2D eigenvalue weighted by Gasteiger charge is -2.40. The largest absolute Gasteiger partial charge is 0.459 e. The number of ether oxygens (including phenoxy) is 2. The first-order valence-electron chi connectivity index (χ1n) is 14.7. The fraction of sp³-hybridized carbons (Fsp3) is 0.929. The van der Waals surface area contributed by atoms with Crippen molar-refractivity contribution < 1.29 is 19.1 Å². The minimum absolute atomic E-state index is 0.00396. The molecule has 0 aromatic rings. The van der Waals surface area contributed by atoms with Gasteiger partial charge in [0.25, 0.3) is 0 Å². The van der Waals surface area contributed by atoms with Crippen LogP contribution in [0.25, 0.3) is 0 Å². The lowest BCUT2D eigenvalue weighted by molar-refractivity contribution is -0.154. The molecule has 1 heterocycles. The Kier molecular flexibility index (Phi) is 12.1. The van der Waals surface area contributed by atoms with E-state index in [4.69, 9.17) is 9.47 Å². The summed E-state index contributed by atoms with van der Waals surface area (Å²) in [6.45, 7) is 12.5. The highest BCUT2D eigenvalue weighted by atomic mass is 16.6. The first-order valence-corrected chi connectivity index (χ1v) is 14.7. The Morgan fingerprint density at radius 1 is 0.946 bits per heavy atom. The van der Waals surface area contributed by atoms with E-state index >= 15 is 0 Å². The zero-order valence-electron chi connectivity index (χ0n) is 23.9. The van der Waals surface area contributed by atoms with E-state index in [-0.39, 0.29) is 30.6 Å². The first kappa shape index (κ1) is 30.3. The molecular formula is C28H53N5O4. The summed E-state index contributed by atoms with van der Waals surface area (Å²) in [7, 11) is 2.14. The predicted molar refractivity (Wildman–Crippen MR) is 146 cm³/mol. The highest BCUT2D eigenvalue weighted by molar-refractivity contribution is 5.83. The molecule has 1 aliphatic heterocycles. The van der Waals surface area contributed by atoms with Crippen molar-refractivity contribution in [3.05, 3.63) is 0 Å². The van der Waals surface area contributed by atoms with Crippen LogP contribution in [-0.4, -0.2) is 87.2 Å². The third kappa shape index (κ3) is 10.8. The molecule has 0 radical (unpaired) electrons. The van der Waals surface area contributed by atoms with Gasteiger partial charge < -0.3 is 19.7 Å². The van der Waals surface area contributed by atoms with Gasteiger partial charge in [-0.1, -0.05) is 6.92 Å². The van der Waals surface area contributed by atoms with Crippen LogP contribution in [0.2, 0.25) is 0 Å². The van der Waals surface area contributed by atoms with Crippen LogP contribution in [-0.2, 0) is 19.1 Å². The molecule has 1 saturated heterocycles. The molecule has 0 aromatic heterocycles. The van der Waals surface area contributed by atoms with Crippen molar-refractivity contribution in [2.45, 2.75) is 103 Å². The van der Waals surface area contributed by atoms with Crippen LogP contribution >= 0.6 is 0 Å². The molecule has 2 aliphatic carbocycles. The number of esters is 1. The van der Waals surface area contributed by atoms with Gasteiger partial charge in [-0.2, -0.15) is 0 Å². The van der Waals surface area contributed by atoms with Crippen molar-refractivity contribution in [2.24, 2.45) is 17.8 Å². The summed E-state index contributed by atoms with van der Waals surface area (Å²) < 4.78 is 11.4. The number of nitrogens with zero attached hydrogens (tertiary/aromatic N) is 1. The quantitative estimate of drug-likeness (QED) is 0.306. The molecule has 0 spiro atoms. The molecule has 2 saturated carbocycles. The van der Waals surface area contributed by atoms with E-state index in [2.05, 4.69) is 40.1 Å². The van der Waals surface area contributed by atoms with E-state index in [1.165, 1.54) is 0 Å². The van der Waals surface area contributed by atoms with Gasteiger partial charge in [-0.05, 0) is 97.6 Å². The summed E-state index contributed by atoms with van der Waals surface area (Å²) in [5, 5.41) is 13.9. The second kappa shape index (κ2) is 14.8. The second-order valence-corrected chi connectivity index (χ2v) is 12.3. The Balaban J connectivity index is 1.26. The zero-order chi connectivity index (χ0) is 26.8. The van der Waals surface area contributed by atoms with Crippen molar-refractivity contribution in [1.82, 2.24) is 26.2 Å². The summed E-state index contributed by atoms with van der Waals surface area (Å²) in [4.78, 5) is 26.7. The van der Waals surface area contributed by atoms with Crippen LogP contribution < -0.4 is 21.3 Å². The Hall–Kier alpha value is -1.26. The molecule has 3 rings (SSSR count). The number of hydrogen-bond acceptors (Lipinski definition) is 8. The van der Waals surface area contributed by atoms with Crippen LogP contribution in [0.15, 0.2) is 0 Å². The van der Waals surface area contributed by atoms with Crippen molar-refractivity contribution in [1.29, 1.82) is 0 Å². The normalized spacial score (nSPS) is 31.2. The van der Waals surface area contributed by atoms with Gasteiger partial charge in [-0.25, -0.2) is 0 Å². The molecule has 0 atom stereocenters. The molecule has 3 aliphatic rings. The minimum Gasteiger partial charge on any atom is -0.459 e. The molecule has 9 nitrogen and oxygen atoms in total. The van der Waals surface area contributed by atoms with E-state index in [9.17, 15) is 9.59 Å². The number of carbonyl (C=O) groups is 2. The fourth-order valence-electron chi connectivity index (χ4n) is 5.83. The Morgan fingerprint density at radius 2 is 1.59 bits per heavy atom. The van der Waals surface area contributed by atoms with Gasteiger partial charge in [0.15, 0.2) is 0 Å². The number of rotatable bonds is 11. The van der Waals surface area contributed by atoms with E-state index in [1.807, 2.05) is 20.8 Å². The molecule has 37 heavy (non-hydrogen) atoms. The van der Waals surface area contributed by atoms with Gasteiger partial charge in [0.2, 0.25) is 5.91 Å². The monoisotopic (exact) mass is 523 g/mol. The molecule has 214 valence electrons. The van der Waals surface area contributed by atoms with Gasteiger partial charge in [0.05, 0.1) is 12.7 Å². The number of carbonyl (C=O) groups excluding carboxylic acids is 2. The van der Waals surface area contributed by atoms with Crippen LogP contribution in [0.4, 0.5) is 0 Å². The summed E-state index contributed by atoms with van der Waals surface area (Å²) in [5.41, 5.74) is -0.532. The van der Waals surface area contributed by atoms with E-state index < -0.39 is 5.60 Å². The standard InChI is InChI=1S/C28H53N5O4/c1-6-33(5)15-16-36-24-13-11-23(12-14-24)32-27-30-17-22(18-31-27)20-7-9-21(10-8-20)26(35)29-19-25(34)37-28(2,3)4/h20-24,27,30-32H,6-19H2,1-5H3,(H,29,35). The number of amides is 1. The minimum atomic E-state index is -0.532. The maximum Gasteiger partial charge on any atom is 0.325 e. The molecule has 0 bridgehead atoms. The zero-order valence-corrected chi connectivity index (χ0v) is 23.9. The summed E-state index contributed by atoms with van der Waals surface area (Å²) in [6.07, 6.45) is 9.10. The topological polar surface area (TPSA) is 104 Å². The average Bonchev–Trinajstić information content (AvgIpc) is 2.88.